The maximum absolute atomic E-state index is 13.5. The van der Waals surface area contributed by atoms with Gasteiger partial charge in [-0.3, -0.25) is 23.2 Å². The van der Waals surface area contributed by atoms with Crippen molar-refractivity contribution >= 4 is 47.9 Å². The minimum Gasteiger partial charge on any atom is -0.438 e. The minimum absolute atomic E-state index is 0.0181. The molecule has 2 aliphatic rings. The highest BCUT2D eigenvalue weighted by atomic mass is 35.5. The molecule has 1 aliphatic carbocycles. The number of halogens is 1. The van der Waals surface area contributed by atoms with Crippen LogP contribution in [0.4, 0.5) is 5.69 Å². The third-order valence-corrected chi connectivity index (χ3v) is 9.65. The number of fused-ring (bicyclic) bond motifs is 1. The topological polar surface area (TPSA) is 201 Å². The molecule has 4 rings (SSSR count). The van der Waals surface area contributed by atoms with Gasteiger partial charge in [-0.15, -0.1) is 0 Å². The van der Waals surface area contributed by atoms with E-state index < -0.39 is 74.8 Å². The molecule has 0 unspecified atom stereocenters. The van der Waals surface area contributed by atoms with E-state index in [-0.39, 0.29) is 23.4 Å². The molecule has 3 N–H and O–H groups in total. The average molecular weight is 715 g/mol. The SMILES string of the molecule is CC(C)(C)C(=O)OCOP(=O)(COC[C@H]1O[C@@H](n2ccc3c(NC4CCCC4)c(C#N)c(Cl)nc32)[C@H](O)[C@@H]1O)OCOC(=O)C(C)(C)C. The van der Waals surface area contributed by atoms with Gasteiger partial charge in [-0.1, -0.05) is 24.4 Å². The normalized spacial score (nSPS) is 22.2. The van der Waals surface area contributed by atoms with E-state index in [2.05, 4.69) is 16.4 Å². The van der Waals surface area contributed by atoms with E-state index in [1.165, 1.54) is 4.57 Å². The Balaban J connectivity index is 1.44. The van der Waals surface area contributed by atoms with Gasteiger partial charge in [0.2, 0.25) is 13.6 Å². The van der Waals surface area contributed by atoms with Crippen LogP contribution in [0.25, 0.3) is 11.0 Å². The van der Waals surface area contributed by atoms with E-state index in [0.717, 1.165) is 25.7 Å². The molecule has 1 saturated heterocycles. The Labute approximate surface area is 284 Å². The lowest BCUT2D eigenvalue weighted by Crippen LogP contribution is -2.34. The van der Waals surface area contributed by atoms with Crippen molar-refractivity contribution in [1.82, 2.24) is 9.55 Å². The predicted octanol–water partition coefficient (Wildman–Crippen LogP) is 4.83. The summed E-state index contributed by atoms with van der Waals surface area (Å²) >= 11 is 6.42. The molecule has 2 aromatic heterocycles. The van der Waals surface area contributed by atoms with Crippen molar-refractivity contribution in [2.24, 2.45) is 10.8 Å². The number of aliphatic hydroxyl groups is 2. The Kier molecular flexibility index (Phi) is 12.2. The Morgan fingerprint density at radius 2 is 1.67 bits per heavy atom. The number of aliphatic hydroxyl groups excluding tert-OH is 2. The fourth-order valence-corrected chi connectivity index (χ4v) is 6.31. The van der Waals surface area contributed by atoms with Crippen molar-refractivity contribution in [3.63, 3.8) is 0 Å². The summed E-state index contributed by atoms with van der Waals surface area (Å²) in [5.41, 5.74) is -0.610. The fourth-order valence-electron chi connectivity index (χ4n) is 5.11. The van der Waals surface area contributed by atoms with Gasteiger partial charge in [0.25, 0.3) is 0 Å². The second-order valence-corrected chi connectivity index (χ2v) is 16.2. The largest absolute Gasteiger partial charge is 0.438 e. The molecule has 0 spiro atoms. The molecule has 2 fully saturated rings. The molecule has 1 saturated carbocycles. The Morgan fingerprint density at radius 1 is 1.08 bits per heavy atom. The highest BCUT2D eigenvalue weighted by Crippen LogP contribution is 2.48. The summed E-state index contributed by atoms with van der Waals surface area (Å²) in [4.78, 5) is 28.7. The van der Waals surface area contributed by atoms with Gasteiger partial charge in [0.1, 0.15) is 41.9 Å². The number of hydrogen-bond acceptors (Lipinski definition) is 14. The molecule has 0 aromatic carbocycles. The first-order valence-corrected chi connectivity index (χ1v) is 17.7. The Hall–Kier alpha value is -2.80. The summed E-state index contributed by atoms with van der Waals surface area (Å²) in [7, 11) is -4.20. The number of nitrogens with one attached hydrogen (secondary N) is 1. The number of nitriles is 1. The van der Waals surface area contributed by atoms with Crippen molar-refractivity contribution in [3.05, 3.63) is 23.0 Å². The zero-order valence-corrected chi connectivity index (χ0v) is 29.6. The van der Waals surface area contributed by atoms with Crippen molar-refractivity contribution < 1.29 is 52.4 Å². The summed E-state index contributed by atoms with van der Waals surface area (Å²) in [6.45, 7) is 7.97. The van der Waals surface area contributed by atoms with Crippen LogP contribution < -0.4 is 5.32 Å². The lowest BCUT2D eigenvalue weighted by molar-refractivity contribution is -0.162. The molecule has 2 aromatic rings. The van der Waals surface area contributed by atoms with Crippen LogP contribution in [0.15, 0.2) is 12.3 Å². The van der Waals surface area contributed by atoms with Gasteiger partial charge < -0.3 is 39.0 Å². The van der Waals surface area contributed by atoms with Crippen molar-refractivity contribution in [1.29, 1.82) is 5.26 Å². The average Bonchev–Trinajstić information content (AvgIpc) is 3.73. The quantitative estimate of drug-likeness (QED) is 0.110. The number of hydrogen-bond donors (Lipinski definition) is 3. The first kappa shape index (κ1) is 38.0. The zero-order valence-electron chi connectivity index (χ0n) is 27.9. The molecule has 3 heterocycles. The van der Waals surface area contributed by atoms with Gasteiger partial charge >= 0.3 is 19.5 Å². The van der Waals surface area contributed by atoms with E-state index >= 15 is 0 Å². The van der Waals surface area contributed by atoms with Crippen LogP contribution in [-0.4, -0.2) is 82.6 Å². The molecule has 266 valence electrons. The van der Waals surface area contributed by atoms with Crippen LogP contribution in [0, 0.1) is 22.2 Å². The number of esters is 2. The van der Waals surface area contributed by atoms with Crippen molar-refractivity contribution in [2.45, 2.75) is 97.8 Å². The van der Waals surface area contributed by atoms with E-state index in [1.807, 2.05) is 0 Å². The monoisotopic (exact) mass is 714 g/mol. The van der Waals surface area contributed by atoms with Crippen LogP contribution in [0.5, 0.6) is 0 Å². The number of ether oxygens (including phenoxy) is 4. The van der Waals surface area contributed by atoms with Crippen LogP contribution in [0.2, 0.25) is 5.15 Å². The highest BCUT2D eigenvalue weighted by Gasteiger charge is 2.45. The third kappa shape index (κ3) is 9.05. The predicted molar refractivity (Wildman–Crippen MR) is 173 cm³/mol. The van der Waals surface area contributed by atoms with Gasteiger partial charge in [-0.2, -0.15) is 5.26 Å². The van der Waals surface area contributed by atoms with E-state index in [4.69, 9.17) is 39.6 Å². The molecular formula is C31H44ClN4O11P. The van der Waals surface area contributed by atoms with Gasteiger partial charge in [-0.25, -0.2) is 4.98 Å². The Morgan fingerprint density at radius 3 is 2.21 bits per heavy atom. The number of carbonyl (C=O) groups excluding carboxylic acids is 2. The molecule has 48 heavy (non-hydrogen) atoms. The van der Waals surface area contributed by atoms with E-state index in [9.17, 15) is 29.6 Å². The van der Waals surface area contributed by atoms with Gasteiger partial charge in [0.15, 0.2) is 11.4 Å². The molecule has 4 atom stereocenters. The first-order valence-electron chi connectivity index (χ1n) is 15.6. The molecule has 1 aliphatic heterocycles. The maximum atomic E-state index is 13.5. The summed E-state index contributed by atoms with van der Waals surface area (Å²) in [5.74, 6) is -1.23. The van der Waals surface area contributed by atoms with Crippen molar-refractivity contribution in [3.8, 4) is 6.07 Å². The van der Waals surface area contributed by atoms with Crippen LogP contribution >= 0.6 is 19.2 Å². The van der Waals surface area contributed by atoms with Crippen molar-refractivity contribution in [2.75, 3.05) is 31.9 Å². The number of aromatic nitrogens is 2. The van der Waals surface area contributed by atoms with E-state index in [0.29, 0.717) is 16.7 Å². The molecule has 17 heteroatoms. The van der Waals surface area contributed by atoms with Crippen LogP contribution in [0.1, 0.15) is 79.0 Å². The third-order valence-electron chi connectivity index (χ3n) is 7.88. The molecule has 0 amide bonds. The minimum atomic E-state index is -4.20. The fraction of sp³-hybridized carbons (Fsp3) is 0.677. The Bertz CT molecular complexity index is 1520. The number of nitrogens with zero attached hydrogens (tertiary/aromatic N) is 3. The smallest absolute Gasteiger partial charge is 0.361 e. The van der Waals surface area contributed by atoms with Gasteiger partial charge in [-0.05, 0) is 60.5 Å². The summed E-state index contributed by atoms with van der Waals surface area (Å²) in [6.07, 6.45) is -0.0817. The van der Waals surface area contributed by atoms with E-state index in [1.54, 1.807) is 53.8 Å². The standard InChI is InChI=1S/C31H44ClN4O11P/c1-30(2,3)28(39)43-15-45-48(41,46-16-44-29(40)31(4,5)6)17-42-14-21-23(37)24(38)27(47-21)36-12-11-19-22(34-18-9-7-8-10-18)20(13-33)25(32)35-26(19)36/h11-12,18,21,23-24,27,37-38H,7-10,14-17H2,1-6H3,(H,34,35)/t21-,23-,24-,27-/m1/s1. The number of anilines is 1. The summed E-state index contributed by atoms with van der Waals surface area (Å²) < 4.78 is 47.1. The van der Waals surface area contributed by atoms with Crippen LogP contribution in [-0.2, 0) is 42.1 Å². The number of carbonyl (C=O) groups is 2. The molecule has 0 radical (unpaired) electrons. The number of pyridine rings is 1. The number of rotatable bonds is 13. The van der Waals surface area contributed by atoms with Gasteiger partial charge in [0, 0.05) is 17.6 Å². The second-order valence-electron chi connectivity index (χ2n) is 13.9. The molecule has 0 bridgehead atoms. The first-order chi connectivity index (χ1) is 22.4. The zero-order chi connectivity index (χ0) is 35.4. The lowest BCUT2D eigenvalue weighted by atomic mass is 9.98. The second kappa shape index (κ2) is 15.4. The molecule has 15 nitrogen and oxygen atoms in total. The maximum Gasteiger partial charge on any atom is 0.361 e. The lowest BCUT2D eigenvalue weighted by Gasteiger charge is -2.22. The summed E-state index contributed by atoms with van der Waals surface area (Å²) in [5, 5.41) is 35.6. The van der Waals surface area contributed by atoms with Gasteiger partial charge in [0.05, 0.1) is 23.1 Å². The summed E-state index contributed by atoms with van der Waals surface area (Å²) in [6, 6.07) is 4.03. The molecular weight excluding hydrogens is 671 g/mol. The van der Waals surface area contributed by atoms with Crippen LogP contribution in [0.3, 0.4) is 0 Å². The highest BCUT2D eigenvalue weighted by molar-refractivity contribution is 7.53.